The average molecular weight is 246 g/mol. The molecule has 17 heavy (non-hydrogen) atoms. The molecule has 0 spiro atoms. The Labute approximate surface area is 96.8 Å². The maximum Gasteiger partial charge on any atom is 0.277 e. The molecule has 0 aliphatic carbocycles. The molecule has 0 atom stereocenters. The second-order valence-electron chi connectivity index (χ2n) is 3.64. The van der Waals surface area contributed by atoms with Crippen LogP contribution >= 0.6 is 0 Å². The van der Waals surface area contributed by atoms with Gasteiger partial charge in [0.15, 0.2) is 0 Å². The van der Waals surface area contributed by atoms with E-state index in [1.54, 1.807) is 6.07 Å². The quantitative estimate of drug-likeness (QED) is 0.816. The predicted molar refractivity (Wildman–Crippen MR) is 57.1 cm³/mol. The Morgan fingerprint density at radius 1 is 1.41 bits per heavy atom. The van der Waals surface area contributed by atoms with Gasteiger partial charge in [0.1, 0.15) is 5.82 Å². The molecule has 0 radical (unpaired) electrons. The third-order valence-corrected chi connectivity index (χ3v) is 2.10. The number of rotatable bonds is 5. The summed E-state index contributed by atoms with van der Waals surface area (Å²) in [7, 11) is 0. The summed E-state index contributed by atoms with van der Waals surface area (Å²) in [5, 5.41) is 2.05. The van der Waals surface area contributed by atoms with Gasteiger partial charge in [0.05, 0.1) is 19.5 Å². The number of alkyl halides is 2. The fourth-order valence-corrected chi connectivity index (χ4v) is 1.19. The molecule has 1 amide bonds. The molecule has 0 unspecified atom stereocenters. The van der Waals surface area contributed by atoms with Crippen LogP contribution in [0.1, 0.15) is 5.56 Å². The Kier molecular flexibility index (Phi) is 4.51. The van der Waals surface area contributed by atoms with Crippen molar-refractivity contribution in [1.82, 2.24) is 5.32 Å². The van der Waals surface area contributed by atoms with Gasteiger partial charge in [0, 0.05) is 0 Å². The summed E-state index contributed by atoms with van der Waals surface area (Å²) in [6.07, 6.45) is -0.140. The van der Waals surface area contributed by atoms with E-state index in [1.807, 2.05) is 0 Å². The molecule has 0 fully saturated rings. The zero-order chi connectivity index (χ0) is 12.9. The van der Waals surface area contributed by atoms with Crippen molar-refractivity contribution in [1.29, 1.82) is 0 Å². The van der Waals surface area contributed by atoms with Gasteiger partial charge in [-0.1, -0.05) is 12.1 Å². The van der Waals surface area contributed by atoms with Crippen molar-refractivity contribution in [3.05, 3.63) is 35.6 Å². The van der Waals surface area contributed by atoms with Crippen LogP contribution in [-0.4, -0.2) is 24.9 Å². The highest BCUT2D eigenvalue weighted by Gasteiger charge is 2.26. The van der Waals surface area contributed by atoms with Gasteiger partial charge < -0.3 is 11.1 Å². The van der Waals surface area contributed by atoms with Gasteiger partial charge in [-0.2, -0.15) is 0 Å². The number of nitrogens with two attached hydrogens (primary N) is 1. The molecule has 94 valence electrons. The van der Waals surface area contributed by atoms with Gasteiger partial charge in [-0.3, -0.25) is 4.79 Å². The highest BCUT2D eigenvalue weighted by molar-refractivity contribution is 5.78. The van der Waals surface area contributed by atoms with Crippen LogP contribution in [0.25, 0.3) is 0 Å². The lowest BCUT2D eigenvalue weighted by atomic mass is 10.1. The smallest absolute Gasteiger partial charge is 0.277 e. The SMILES string of the molecule is NCC(F)(F)CNC(=O)Cc1cccc(F)c1. The van der Waals surface area contributed by atoms with Crippen molar-refractivity contribution >= 4 is 5.91 Å². The molecular weight excluding hydrogens is 233 g/mol. The monoisotopic (exact) mass is 246 g/mol. The van der Waals surface area contributed by atoms with E-state index in [0.29, 0.717) is 5.56 Å². The second kappa shape index (κ2) is 5.67. The lowest BCUT2D eigenvalue weighted by molar-refractivity contribution is -0.122. The Balaban J connectivity index is 2.45. The van der Waals surface area contributed by atoms with Gasteiger partial charge in [-0.15, -0.1) is 0 Å². The molecule has 3 N–H and O–H groups in total. The maximum atomic E-state index is 12.8. The lowest BCUT2D eigenvalue weighted by Gasteiger charge is -2.14. The van der Waals surface area contributed by atoms with Gasteiger partial charge in [-0.25, -0.2) is 13.2 Å². The van der Waals surface area contributed by atoms with Crippen LogP contribution in [-0.2, 0) is 11.2 Å². The summed E-state index contributed by atoms with van der Waals surface area (Å²) < 4.78 is 38.2. The topological polar surface area (TPSA) is 55.1 Å². The van der Waals surface area contributed by atoms with Crippen LogP contribution in [0.2, 0.25) is 0 Å². The first-order valence-corrected chi connectivity index (χ1v) is 5.02. The standard InChI is InChI=1S/C11H13F3N2O/c12-9-3-1-2-8(4-9)5-10(17)16-7-11(13,14)6-15/h1-4H,5-7,15H2,(H,16,17). The van der Waals surface area contributed by atoms with Gasteiger partial charge in [0.25, 0.3) is 5.92 Å². The first kappa shape index (κ1) is 13.5. The molecule has 1 aromatic rings. The number of hydrogen-bond donors (Lipinski definition) is 2. The van der Waals surface area contributed by atoms with E-state index in [9.17, 15) is 18.0 Å². The number of benzene rings is 1. The molecule has 0 aromatic heterocycles. The van der Waals surface area contributed by atoms with Crippen LogP contribution in [0.4, 0.5) is 13.2 Å². The lowest BCUT2D eigenvalue weighted by Crippen LogP contribution is -2.42. The van der Waals surface area contributed by atoms with Gasteiger partial charge in [0.2, 0.25) is 5.91 Å². The van der Waals surface area contributed by atoms with Crippen molar-refractivity contribution < 1.29 is 18.0 Å². The molecule has 1 aromatic carbocycles. The number of nitrogens with one attached hydrogen (secondary N) is 1. The summed E-state index contributed by atoms with van der Waals surface area (Å²) in [4.78, 5) is 11.3. The fourth-order valence-electron chi connectivity index (χ4n) is 1.19. The molecule has 6 heteroatoms. The highest BCUT2D eigenvalue weighted by Crippen LogP contribution is 2.09. The Morgan fingerprint density at radius 3 is 2.71 bits per heavy atom. The number of carbonyl (C=O) groups is 1. The number of halogens is 3. The van der Waals surface area contributed by atoms with E-state index in [4.69, 9.17) is 5.73 Å². The summed E-state index contributed by atoms with van der Waals surface area (Å²) in [5.41, 5.74) is 5.24. The van der Waals surface area contributed by atoms with Crippen LogP contribution in [0.15, 0.2) is 24.3 Å². The normalized spacial score (nSPS) is 11.3. The van der Waals surface area contributed by atoms with Gasteiger partial charge >= 0.3 is 0 Å². The van der Waals surface area contributed by atoms with Crippen LogP contribution < -0.4 is 11.1 Å². The zero-order valence-corrected chi connectivity index (χ0v) is 9.05. The van der Waals surface area contributed by atoms with Crippen molar-refractivity contribution in [2.75, 3.05) is 13.1 Å². The van der Waals surface area contributed by atoms with Crippen LogP contribution in [0.3, 0.4) is 0 Å². The number of amides is 1. The Morgan fingerprint density at radius 2 is 2.12 bits per heavy atom. The molecule has 0 saturated heterocycles. The average Bonchev–Trinajstić information content (AvgIpc) is 2.27. The maximum absolute atomic E-state index is 12.8. The Bertz CT molecular complexity index is 396. The number of carbonyl (C=O) groups excluding carboxylic acids is 1. The predicted octanol–water partition coefficient (Wildman–Crippen LogP) is 1.08. The minimum absolute atomic E-state index is 0.140. The summed E-state index contributed by atoms with van der Waals surface area (Å²) >= 11 is 0. The fraction of sp³-hybridized carbons (Fsp3) is 0.364. The molecule has 0 heterocycles. The zero-order valence-electron chi connectivity index (χ0n) is 9.05. The van der Waals surface area contributed by atoms with E-state index in [2.05, 4.69) is 5.32 Å². The first-order valence-electron chi connectivity index (χ1n) is 5.02. The van der Waals surface area contributed by atoms with E-state index >= 15 is 0 Å². The Hall–Kier alpha value is -1.56. The van der Waals surface area contributed by atoms with Crippen LogP contribution in [0.5, 0.6) is 0 Å². The third kappa shape index (κ3) is 4.86. The highest BCUT2D eigenvalue weighted by atomic mass is 19.3. The van der Waals surface area contributed by atoms with E-state index < -0.39 is 30.7 Å². The largest absolute Gasteiger partial charge is 0.350 e. The summed E-state index contributed by atoms with van der Waals surface area (Å²) in [6, 6.07) is 5.42. The molecular formula is C11H13F3N2O. The molecule has 1 rings (SSSR count). The minimum atomic E-state index is -3.11. The van der Waals surface area contributed by atoms with Crippen molar-refractivity contribution in [3.63, 3.8) is 0 Å². The second-order valence-corrected chi connectivity index (χ2v) is 3.64. The molecule has 0 aliphatic heterocycles. The van der Waals surface area contributed by atoms with Crippen molar-refractivity contribution in [2.24, 2.45) is 5.73 Å². The van der Waals surface area contributed by atoms with Crippen LogP contribution in [0, 0.1) is 5.82 Å². The third-order valence-electron chi connectivity index (χ3n) is 2.10. The molecule has 0 bridgehead atoms. The molecule has 0 aliphatic rings. The van der Waals surface area contributed by atoms with E-state index in [0.717, 1.165) is 0 Å². The van der Waals surface area contributed by atoms with Gasteiger partial charge in [-0.05, 0) is 17.7 Å². The number of hydrogen-bond acceptors (Lipinski definition) is 2. The summed E-state index contributed by atoms with van der Waals surface area (Å²) in [6.45, 7) is -1.63. The first-order chi connectivity index (χ1) is 7.93. The molecule has 3 nitrogen and oxygen atoms in total. The van der Waals surface area contributed by atoms with E-state index in [1.165, 1.54) is 18.2 Å². The van der Waals surface area contributed by atoms with Crippen molar-refractivity contribution in [2.45, 2.75) is 12.3 Å². The van der Waals surface area contributed by atoms with Crippen molar-refractivity contribution in [3.8, 4) is 0 Å². The minimum Gasteiger partial charge on any atom is -0.350 e. The summed E-state index contributed by atoms with van der Waals surface area (Å²) in [5.74, 6) is -4.18. The van der Waals surface area contributed by atoms with E-state index in [-0.39, 0.29) is 6.42 Å². The molecule has 0 saturated carbocycles.